The highest BCUT2D eigenvalue weighted by atomic mass is 16.2. The van der Waals surface area contributed by atoms with Crippen molar-refractivity contribution in [2.24, 2.45) is 0 Å². The van der Waals surface area contributed by atoms with E-state index in [0.29, 0.717) is 11.4 Å². The number of pyridine rings is 1. The fourth-order valence-electron chi connectivity index (χ4n) is 1.44. The molecule has 0 fully saturated rings. The topological polar surface area (TPSA) is 87.9 Å². The van der Waals surface area contributed by atoms with Crippen LogP contribution in [0.4, 0.5) is 11.4 Å². The van der Waals surface area contributed by atoms with Crippen molar-refractivity contribution in [3.63, 3.8) is 0 Å². The number of aryl methyl sites for hydroxylation is 1. The van der Waals surface area contributed by atoms with Crippen LogP contribution in [0.15, 0.2) is 24.5 Å². The molecule has 0 saturated heterocycles. The van der Waals surface area contributed by atoms with Crippen LogP contribution in [0.3, 0.4) is 0 Å². The van der Waals surface area contributed by atoms with E-state index < -0.39 is 0 Å². The molecule has 0 atom stereocenters. The highest BCUT2D eigenvalue weighted by Gasteiger charge is 2.20. The van der Waals surface area contributed by atoms with Crippen LogP contribution in [0.1, 0.15) is 16.2 Å². The first-order valence-corrected chi connectivity index (χ1v) is 5.09. The summed E-state index contributed by atoms with van der Waals surface area (Å²) in [6, 6.07) is 3.49. The highest BCUT2D eigenvalue weighted by Crippen LogP contribution is 2.18. The molecule has 1 amide bonds. The summed E-state index contributed by atoms with van der Waals surface area (Å²) in [4.78, 5) is 17.5. The molecule has 2 aromatic heterocycles. The second-order valence-electron chi connectivity index (χ2n) is 3.68. The Morgan fingerprint density at radius 2 is 2.06 bits per heavy atom. The summed E-state index contributed by atoms with van der Waals surface area (Å²) < 4.78 is 0. The molecule has 0 aromatic carbocycles. The van der Waals surface area contributed by atoms with Crippen molar-refractivity contribution in [3.05, 3.63) is 35.9 Å². The lowest BCUT2D eigenvalue weighted by Gasteiger charge is -2.15. The Morgan fingerprint density at radius 3 is 2.59 bits per heavy atom. The van der Waals surface area contributed by atoms with Crippen molar-refractivity contribution >= 4 is 17.3 Å². The van der Waals surface area contributed by atoms with E-state index in [-0.39, 0.29) is 11.6 Å². The second kappa shape index (κ2) is 4.25. The summed E-state index contributed by atoms with van der Waals surface area (Å²) in [7, 11) is 1.67. The van der Waals surface area contributed by atoms with Gasteiger partial charge in [0.25, 0.3) is 5.91 Å². The molecule has 0 saturated carbocycles. The van der Waals surface area contributed by atoms with Gasteiger partial charge in [0.1, 0.15) is 0 Å². The number of anilines is 2. The van der Waals surface area contributed by atoms with Gasteiger partial charge in [0.05, 0.1) is 11.4 Å². The number of amides is 1. The molecular formula is C11H13N5O. The maximum atomic E-state index is 12.1. The lowest BCUT2D eigenvalue weighted by Crippen LogP contribution is -2.27. The van der Waals surface area contributed by atoms with E-state index in [2.05, 4.69) is 15.2 Å². The Bertz CT molecular complexity index is 534. The highest BCUT2D eigenvalue weighted by molar-refractivity contribution is 6.07. The zero-order chi connectivity index (χ0) is 12.4. The molecule has 2 rings (SSSR count). The normalized spacial score (nSPS) is 10.2. The Labute approximate surface area is 98.5 Å². The van der Waals surface area contributed by atoms with Crippen molar-refractivity contribution < 1.29 is 4.79 Å². The standard InChI is InChI=1S/C11H13N5O/c1-7-9(12)10(15-14-7)11(17)16(2)8-3-5-13-6-4-8/h3-6H,12H2,1-2H3,(H,14,15). The second-order valence-corrected chi connectivity index (χ2v) is 3.68. The molecule has 17 heavy (non-hydrogen) atoms. The third-order valence-corrected chi connectivity index (χ3v) is 2.55. The summed E-state index contributed by atoms with van der Waals surface area (Å²) in [5.74, 6) is -0.252. The number of rotatable bonds is 2. The number of H-pyrrole nitrogens is 1. The summed E-state index contributed by atoms with van der Waals surface area (Å²) >= 11 is 0. The van der Waals surface area contributed by atoms with Crippen LogP contribution >= 0.6 is 0 Å². The van der Waals surface area contributed by atoms with Crippen LogP contribution < -0.4 is 10.6 Å². The van der Waals surface area contributed by atoms with Crippen molar-refractivity contribution in [3.8, 4) is 0 Å². The molecular weight excluding hydrogens is 218 g/mol. The maximum absolute atomic E-state index is 12.1. The maximum Gasteiger partial charge on any atom is 0.280 e. The lowest BCUT2D eigenvalue weighted by molar-refractivity contribution is 0.0989. The molecule has 6 heteroatoms. The molecule has 88 valence electrons. The summed E-state index contributed by atoms with van der Waals surface area (Å²) in [6.07, 6.45) is 3.25. The Morgan fingerprint density at radius 1 is 1.41 bits per heavy atom. The van der Waals surface area contributed by atoms with Crippen molar-refractivity contribution in [1.82, 2.24) is 15.2 Å². The van der Waals surface area contributed by atoms with E-state index >= 15 is 0 Å². The number of hydrogen-bond donors (Lipinski definition) is 2. The molecule has 6 nitrogen and oxygen atoms in total. The first-order valence-electron chi connectivity index (χ1n) is 5.09. The van der Waals surface area contributed by atoms with E-state index in [9.17, 15) is 4.79 Å². The number of carbonyl (C=O) groups is 1. The first-order chi connectivity index (χ1) is 8.11. The predicted octanol–water partition coefficient (Wildman–Crippen LogP) is 0.972. The third kappa shape index (κ3) is 1.96. The lowest BCUT2D eigenvalue weighted by atomic mass is 10.2. The number of nitrogens with one attached hydrogen (secondary N) is 1. The fourth-order valence-corrected chi connectivity index (χ4v) is 1.44. The van der Waals surface area contributed by atoms with Crippen LogP contribution in [0.25, 0.3) is 0 Å². The van der Waals surface area contributed by atoms with Gasteiger partial charge in [-0.15, -0.1) is 0 Å². The first kappa shape index (κ1) is 11.1. The number of carbonyl (C=O) groups excluding carboxylic acids is 1. The third-order valence-electron chi connectivity index (χ3n) is 2.55. The molecule has 2 aromatic rings. The number of nitrogen functional groups attached to an aromatic ring is 1. The van der Waals surface area contributed by atoms with Crippen LogP contribution in [0, 0.1) is 6.92 Å². The van der Waals surface area contributed by atoms with E-state index in [1.807, 2.05) is 0 Å². The predicted molar refractivity (Wildman–Crippen MR) is 64.7 cm³/mol. The average Bonchev–Trinajstić information content (AvgIpc) is 2.69. The van der Waals surface area contributed by atoms with Gasteiger partial charge in [-0.1, -0.05) is 0 Å². The Balaban J connectivity index is 2.30. The molecule has 2 heterocycles. The summed E-state index contributed by atoms with van der Waals surface area (Å²) in [6.45, 7) is 1.77. The zero-order valence-electron chi connectivity index (χ0n) is 9.64. The van der Waals surface area contributed by atoms with Gasteiger partial charge >= 0.3 is 0 Å². The Kier molecular flexibility index (Phi) is 2.78. The quantitative estimate of drug-likeness (QED) is 0.806. The number of hydrogen-bond acceptors (Lipinski definition) is 4. The Hall–Kier alpha value is -2.37. The minimum absolute atomic E-state index is 0.238. The van der Waals surface area contributed by atoms with Gasteiger partial charge in [0.15, 0.2) is 5.69 Å². The smallest absolute Gasteiger partial charge is 0.280 e. The molecule has 0 aliphatic rings. The van der Waals surface area contributed by atoms with Gasteiger partial charge in [0, 0.05) is 25.1 Å². The number of aromatic amines is 1. The van der Waals surface area contributed by atoms with Gasteiger partial charge in [-0.3, -0.25) is 14.9 Å². The molecule has 0 bridgehead atoms. The van der Waals surface area contributed by atoms with E-state index in [4.69, 9.17) is 5.73 Å². The molecule has 0 spiro atoms. The van der Waals surface area contributed by atoms with Crippen molar-refractivity contribution in [2.45, 2.75) is 6.92 Å². The van der Waals surface area contributed by atoms with Crippen LogP contribution in [-0.2, 0) is 0 Å². The fraction of sp³-hybridized carbons (Fsp3) is 0.182. The van der Waals surface area contributed by atoms with Crippen LogP contribution in [0.5, 0.6) is 0 Å². The molecule has 0 aliphatic carbocycles. The zero-order valence-corrected chi connectivity index (χ0v) is 9.64. The van der Waals surface area contributed by atoms with Gasteiger partial charge in [-0.25, -0.2) is 0 Å². The largest absolute Gasteiger partial charge is 0.395 e. The molecule has 3 N–H and O–H groups in total. The minimum atomic E-state index is -0.252. The number of nitrogens with two attached hydrogens (primary N) is 1. The van der Waals surface area contributed by atoms with Gasteiger partial charge in [0.2, 0.25) is 0 Å². The van der Waals surface area contributed by atoms with Gasteiger partial charge < -0.3 is 10.6 Å². The number of aromatic nitrogens is 3. The van der Waals surface area contributed by atoms with E-state index in [1.54, 1.807) is 38.5 Å². The van der Waals surface area contributed by atoms with Crippen molar-refractivity contribution in [2.75, 3.05) is 17.7 Å². The van der Waals surface area contributed by atoms with Gasteiger partial charge in [-0.2, -0.15) is 5.10 Å². The monoisotopic (exact) mass is 231 g/mol. The summed E-state index contributed by atoms with van der Waals surface area (Å²) in [5.41, 5.74) is 7.82. The van der Waals surface area contributed by atoms with Crippen molar-refractivity contribution in [1.29, 1.82) is 0 Å². The van der Waals surface area contributed by atoms with Crippen LogP contribution in [-0.4, -0.2) is 28.1 Å². The molecule has 0 aliphatic heterocycles. The average molecular weight is 231 g/mol. The van der Waals surface area contributed by atoms with Gasteiger partial charge in [-0.05, 0) is 19.1 Å². The number of nitrogens with zero attached hydrogens (tertiary/aromatic N) is 3. The van der Waals surface area contributed by atoms with E-state index in [1.165, 1.54) is 4.90 Å². The SMILES string of the molecule is Cc1[nH]nc(C(=O)N(C)c2ccncc2)c1N. The minimum Gasteiger partial charge on any atom is -0.395 e. The molecule has 0 radical (unpaired) electrons. The van der Waals surface area contributed by atoms with E-state index in [0.717, 1.165) is 5.69 Å². The van der Waals surface area contributed by atoms with Crippen LogP contribution in [0.2, 0.25) is 0 Å². The summed E-state index contributed by atoms with van der Waals surface area (Å²) in [5, 5.41) is 6.59. The molecule has 0 unspecified atom stereocenters.